The van der Waals surface area contributed by atoms with Gasteiger partial charge >= 0.3 is 0 Å². The Morgan fingerprint density at radius 3 is 2.49 bits per heavy atom. The molecular weight excluding hydrogens is 514 g/mol. The molecule has 2 saturated carbocycles. The Labute approximate surface area is 225 Å². The van der Waals surface area contributed by atoms with E-state index in [1.54, 1.807) is 28.6 Å². The standard InChI is InChI=1S/C27H40ClN3O5S/c1-19-3-8-22(30(19)13-14-32)16-29(2)26(33)15-27(11-12-27)25-18-36-17-24(20-4-5-20)31(25)37(34,35)23-9-6-21(28)7-10-23/h6-7,9-10,19-20,22,24-25,32H,3-5,8,11-18H2,1-2H3/t19?,22?,24?,25-/m1/s1. The van der Waals surface area contributed by atoms with Gasteiger partial charge in [0.2, 0.25) is 15.9 Å². The third-order valence-electron chi connectivity index (χ3n) is 9.08. The molecule has 3 unspecified atom stereocenters. The smallest absolute Gasteiger partial charge is 0.243 e. The molecule has 2 heterocycles. The number of amides is 1. The number of aliphatic hydroxyl groups is 1. The molecule has 2 aliphatic carbocycles. The van der Waals surface area contributed by atoms with Crippen LogP contribution in [0.1, 0.15) is 51.9 Å². The van der Waals surface area contributed by atoms with E-state index in [2.05, 4.69) is 11.8 Å². The topological polar surface area (TPSA) is 90.4 Å². The fourth-order valence-corrected chi connectivity index (χ4v) is 8.56. The Bertz CT molecular complexity index is 1080. The van der Waals surface area contributed by atoms with E-state index in [9.17, 15) is 18.3 Å². The highest BCUT2D eigenvalue weighted by molar-refractivity contribution is 7.89. The number of β-amino-alcohol motifs (C(OH)–C–C–N with tert-alkyl or cyclic N) is 1. The number of sulfonamides is 1. The second kappa shape index (κ2) is 10.7. The van der Waals surface area contributed by atoms with Crippen LogP contribution in [0.5, 0.6) is 0 Å². The van der Waals surface area contributed by atoms with E-state index in [1.165, 1.54) is 0 Å². The van der Waals surface area contributed by atoms with Crippen LogP contribution >= 0.6 is 11.6 Å². The highest BCUT2D eigenvalue weighted by Gasteiger charge is 2.59. The number of hydrogen-bond acceptors (Lipinski definition) is 6. The summed E-state index contributed by atoms with van der Waals surface area (Å²) in [4.78, 5) is 17.9. The number of morpholine rings is 1. The number of nitrogens with zero attached hydrogens (tertiary/aromatic N) is 3. The van der Waals surface area contributed by atoms with Crippen LogP contribution in [0.25, 0.3) is 0 Å². The van der Waals surface area contributed by atoms with Gasteiger partial charge in [-0.25, -0.2) is 8.42 Å². The maximum absolute atomic E-state index is 14.0. The van der Waals surface area contributed by atoms with E-state index >= 15 is 0 Å². The van der Waals surface area contributed by atoms with Crippen molar-refractivity contribution in [3.05, 3.63) is 29.3 Å². The zero-order valence-corrected chi connectivity index (χ0v) is 23.5. The molecule has 4 atom stereocenters. The van der Waals surface area contributed by atoms with Gasteiger partial charge in [-0.2, -0.15) is 4.31 Å². The zero-order chi connectivity index (χ0) is 26.4. The molecule has 1 amide bonds. The Balaban J connectivity index is 1.34. The molecule has 4 aliphatic rings. The largest absolute Gasteiger partial charge is 0.395 e. The molecule has 4 fully saturated rings. The minimum Gasteiger partial charge on any atom is -0.395 e. The lowest BCUT2D eigenvalue weighted by Crippen LogP contribution is -2.59. The summed E-state index contributed by atoms with van der Waals surface area (Å²) in [6, 6.07) is 6.47. The van der Waals surface area contributed by atoms with Crippen molar-refractivity contribution in [2.24, 2.45) is 11.3 Å². The minimum atomic E-state index is -3.78. The molecule has 0 spiro atoms. The van der Waals surface area contributed by atoms with E-state index in [0.29, 0.717) is 49.7 Å². The highest BCUT2D eigenvalue weighted by Crippen LogP contribution is 2.56. The first-order valence-corrected chi connectivity index (χ1v) is 15.5. The van der Waals surface area contributed by atoms with Crippen LogP contribution in [-0.2, 0) is 19.6 Å². The molecule has 2 aliphatic heterocycles. The number of carbonyl (C=O) groups is 1. The molecule has 206 valence electrons. The number of hydrogen-bond donors (Lipinski definition) is 1. The maximum Gasteiger partial charge on any atom is 0.243 e. The van der Waals surface area contributed by atoms with Crippen LogP contribution in [-0.4, -0.2) is 97.7 Å². The van der Waals surface area contributed by atoms with Crippen molar-refractivity contribution in [1.29, 1.82) is 0 Å². The fourth-order valence-electron chi connectivity index (χ4n) is 6.51. The molecule has 0 aromatic heterocycles. The van der Waals surface area contributed by atoms with Crippen LogP contribution in [0.15, 0.2) is 29.2 Å². The predicted molar refractivity (Wildman–Crippen MR) is 142 cm³/mol. The number of rotatable bonds is 10. The average Bonchev–Trinajstić information content (AvgIpc) is 3.80. The van der Waals surface area contributed by atoms with Gasteiger partial charge in [0.1, 0.15) is 0 Å². The second-order valence-corrected chi connectivity index (χ2v) is 13.9. The first-order valence-electron chi connectivity index (χ1n) is 13.6. The van der Waals surface area contributed by atoms with E-state index in [-0.39, 0.29) is 35.5 Å². The summed E-state index contributed by atoms with van der Waals surface area (Å²) in [5, 5.41) is 9.97. The molecule has 5 rings (SSSR count). The van der Waals surface area contributed by atoms with Crippen molar-refractivity contribution in [3.8, 4) is 0 Å². The van der Waals surface area contributed by atoms with Gasteiger partial charge in [-0.05, 0) is 81.0 Å². The van der Waals surface area contributed by atoms with Crippen molar-refractivity contribution in [2.75, 3.05) is 40.0 Å². The lowest BCUT2D eigenvalue weighted by molar-refractivity contribution is -0.133. The number of likely N-dealkylation sites (tertiary alicyclic amines) is 1. The van der Waals surface area contributed by atoms with Crippen LogP contribution in [0.3, 0.4) is 0 Å². The Morgan fingerprint density at radius 2 is 1.86 bits per heavy atom. The van der Waals surface area contributed by atoms with Gasteiger partial charge in [0.05, 0.1) is 36.8 Å². The second-order valence-electron chi connectivity index (χ2n) is 11.6. The van der Waals surface area contributed by atoms with Crippen molar-refractivity contribution in [1.82, 2.24) is 14.1 Å². The number of likely N-dealkylation sites (N-methyl/N-ethyl adjacent to an activating group) is 1. The summed E-state index contributed by atoms with van der Waals surface area (Å²) in [6.07, 6.45) is 6.05. The predicted octanol–water partition coefficient (Wildman–Crippen LogP) is 2.98. The summed E-state index contributed by atoms with van der Waals surface area (Å²) in [7, 11) is -1.93. The summed E-state index contributed by atoms with van der Waals surface area (Å²) in [5.74, 6) is 0.360. The molecule has 0 bridgehead atoms. The highest BCUT2D eigenvalue weighted by atomic mass is 35.5. The van der Waals surface area contributed by atoms with Crippen LogP contribution in [0, 0.1) is 11.3 Å². The van der Waals surface area contributed by atoms with Gasteiger partial charge in [-0.1, -0.05) is 11.6 Å². The minimum absolute atomic E-state index is 0.0541. The lowest BCUT2D eigenvalue weighted by atomic mass is 9.90. The first-order chi connectivity index (χ1) is 17.7. The summed E-state index contributed by atoms with van der Waals surface area (Å²) in [5.41, 5.74) is -0.397. The van der Waals surface area contributed by atoms with Crippen molar-refractivity contribution < 1.29 is 23.1 Å². The molecule has 37 heavy (non-hydrogen) atoms. The van der Waals surface area contributed by atoms with Gasteiger partial charge in [0, 0.05) is 43.7 Å². The number of halogens is 1. The first kappa shape index (κ1) is 27.3. The van der Waals surface area contributed by atoms with E-state index < -0.39 is 15.4 Å². The summed E-state index contributed by atoms with van der Waals surface area (Å²) >= 11 is 6.04. The Kier molecular flexibility index (Phi) is 7.93. The zero-order valence-electron chi connectivity index (χ0n) is 21.9. The molecule has 10 heteroatoms. The van der Waals surface area contributed by atoms with Crippen molar-refractivity contribution in [2.45, 2.75) is 80.9 Å². The molecule has 2 saturated heterocycles. The van der Waals surface area contributed by atoms with Gasteiger partial charge in [-0.3, -0.25) is 9.69 Å². The number of carbonyl (C=O) groups excluding carboxylic acids is 1. The van der Waals surface area contributed by atoms with E-state index in [1.807, 2.05) is 11.9 Å². The van der Waals surface area contributed by atoms with Gasteiger partial charge in [-0.15, -0.1) is 0 Å². The number of ether oxygens (including phenoxy) is 1. The monoisotopic (exact) mass is 553 g/mol. The van der Waals surface area contributed by atoms with Crippen molar-refractivity contribution >= 4 is 27.5 Å². The van der Waals surface area contributed by atoms with Crippen molar-refractivity contribution in [3.63, 3.8) is 0 Å². The third-order valence-corrected chi connectivity index (χ3v) is 11.3. The molecule has 8 nitrogen and oxygen atoms in total. The maximum atomic E-state index is 14.0. The third kappa shape index (κ3) is 5.58. The molecule has 0 radical (unpaired) electrons. The number of aliphatic hydroxyl groups excluding tert-OH is 1. The normalized spacial score (nSPS) is 30.4. The van der Waals surface area contributed by atoms with Crippen LogP contribution in [0.2, 0.25) is 5.02 Å². The Morgan fingerprint density at radius 1 is 1.16 bits per heavy atom. The summed E-state index contributed by atoms with van der Waals surface area (Å²) in [6.45, 7) is 4.25. The van der Waals surface area contributed by atoms with Gasteiger partial charge < -0.3 is 14.7 Å². The van der Waals surface area contributed by atoms with Crippen LogP contribution in [0.4, 0.5) is 0 Å². The summed E-state index contributed by atoms with van der Waals surface area (Å²) < 4.78 is 35.8. The van der Waals surface area contributed by atoms with E-state index in [0.717, 1.165) is 38.5 Å². The van der Waals surface area contributed by atoms with Gasteiger partial charge in [0.25, 0.3) is 0 Å². The van der Waals surface area contributed by atoms with Gasteiger partial charge in [0.15, 0.2) is 0 Å². The van der Waals surface area contributed by atoms with E-state index in [4.69, 9.17) is 16.3 Å². The quantitative estimate of drug-likeness (QED) is 0.479. The average molecular weight is 554 g/mol. The molecule has 1 N–H and O–H groups in total. The molecule has 1 aromatic carbocycles. The SMILES string of the molecule is CC1CCC(CN(C)C(=O)CC2([C@H]3COCC(C4CC4)N3S(=O)(=O)c3ccc(Cl)cc3)CC2)N1CCO. The van der Waals surface area contributed by atoms with Crippen LogP contribution < -0.4 is 0 Å². The fraction of sp³-hybridized carbons (Fsp3) is 0.741. The Hall–Kier alpha value is -1.23. The lowest BCUT2D eigenvalue weighted by Gasteiger charge is -2.45. The number of benzene rings is 1. The molecular formula is C27H40ClN3O5S. The molecule has 1 aromatic rings.